The highest BCUT2D eigenvalue weighted by Gasteiger charge is 2.24. The van der Waals surface area contributed by atoms with Crippen molar-refractivity contribution in [3.05, 3.63) is 65.2 Å². The fraction of sp³-hybridized carbons (Fsp3) is 0.278. The molecule has 1 aliphatic heterocycles. The molecule has 1 aliphatic rings. The molecule has 4 heterocycles. The summed E-state index contributed by atoms with van der Waals surface area (Å²) in [5.74, 6) is 0.914. The summed E-state index contributed by atoms with van der Waals surface area (Å²) in [6.45, 7) is 1.66. The van der Waals surface area contributed by atoms with Crippen LogP contribution in [0, 0.1) is 0 Å². The molecule has 3 aromatic rings. The van der Waals surface area contributed by atoms with Crippen LogP contribution in [0.15, 0.2) is 54.0 Å². The molecule has 7 nitrogen and oxygen atoms in total. The van der Waals surface area contributed by atoms with Gasteiger partial charge in [-0.1, -0.05) is 0 Å². The van der Waals surface area contributed by atoms with E-state index < -0.39 is 0 Å². The maximum Gasteiger partial charge on any atom is 0.250 e. The van der Waals surface area contributed by atoms with E-state index in [1.54, 1.807) is 24.7 Å². The van der Waals surface area contributed by atoms with Crippen molar-refractivity contribution in [2.45, 2.75) is 18.8 Å². The molecule has 1 fully saturated rings. The summed E-state index contributed by atoms with van der Waals surface area (Å²) in [7, 11) is 0. The summed E-state index contributed by atoms with van der Waals surface area (Å²) in [4.78, 5) is 33.9. The van der Waals surface area contributed by atoms with E-state index in [4.69, 9.17) is 4.98 Å². The third-order valence-electron chi connectivity index (χ3n) is 4.42. The molecule has 0 spiro atoms. The third kappa shape index (κ3) is 3.40. The number of piperidine rings is 1. The lowest BCUT2D eigenvalue weighted by atomic mass is 9.95. The van der Waals surface area contributed by atoms with Crippen LogP contribution in [0.3, 0.4) is 0 Å². The molecule has 1 saturated heterocycles. The minimum Gasteiger partial charge on any atom is -0.340 e. The minimum absolute atomic E-state index is 0.114. The van der Waals surface area contributed by atoms with Gasteiger partial charge < -0.3 is 9.88 Å². The Kier molecular flexibility index (Phi) is 4.20. The van der Waals surface area contributed by atoms with Gasteiger partial charge in [0.05, 0.1) is 17.7 Å². The molecule has 0 aromatic carbocycles. The van der Waals surface area contributed by atoms with Gasteiger partial charge in [0.15, 0.2) is 0 Å². The molecular weight excluding hydrogens is 316 g/mol. The number of rotatable bonds is 3. The zero-order valence-corrected chi connectivity index (χ0v) is 13.7. The van der Waals surface area contributed by atoms with Crippen molar-refractivity contribution in [2.24, 2.45) is 0 Å². The molecule has 0 aliphatic carbocycles. The van der Waals surface area contributed by atoms with Crippen molar-refractivity contribution >= 4 is 5.95 Å². The molecule has 3 aromatic heterocycles. The van der Waals surface area contributed by atoms with E-state index in [0.717, 1.165) is 42.9 Å². The summed E-state index contributed by atoms with van der Waals surface area (Å²) < 4.78 is 0. The largest absolute Gasteiger partial charge is 0.340 e. The lowest BCUT2D eigenvalue weighted by molar-refractivity contribution is 0.494. The van der Waals surface area contributed by atoms with Gasteiger partial charge in [-0.15, -0.1) is 0 Å². The molecule has 25 heavy (non-hydrogen) atoms. The number of nitrogens with one attached hydrogen (secondary N) is 1. The molecule has 7 heteroatoms. The molecule has 0 bridgehead atoms. The van der Waals surface area contributed by atoms with Crippen LogP contribution in [0.5, 0.6) is 0 Å². The fourth-order valence-corrected chi connectivity index (χ4v) is 3.18. The van der Waals surface area contributed by atoms with E-state index in [-0.39, 0.29) is 11.5 Å². The number of aromatic amines is 1. The van der Waals surface area contributed by atoms with Crippen LogP contribution in [0.2, 0.25) is 0 Å². The van der Waals surface area contributed by atoms with Crippen molar-refractivity contribution in [1.29, 1.82) is 0 Å². The van der Waals surface area contributed by atoms with Gasteiger partial charge in [-0.2, -0.15) is 0 Å². The Labute approximate surface area is 144 Å². The standard InChI is InChI=1S/C18H18N6O/c25-17-9-16(21-12-22-17)14-4-2-8-24(11-14)18-20-7-5-15(23-18)13-3-1-6-19-10-13/h1,3,5-7,9-10,12,14H,2,4,8,11H2,(H,21,22,25)/t14-/m0/s1. The number of pyridine rings is 1. The number of anilines is 1. The molecule has 4 rings (SSSR count). The normalized spacial score (nSPS) is 17.4. The Hall–Kier alpha value is -3.09. The van der Waals surface area contributed by atoms with Gasteiger partial charge in [0.2, 0.25) is 5.95 Å². The van der Waals surface area contributed by atoms with Crippen molar-refractivity contribution in [2.75, 3.05) is 18.0 Å². The topological polar surface area (TPSA) is 87.7 Å². The summed E-state index contributed by atoms with van der Waals surface area (Å²) in [6, 6.07) is 7.35. The quantitative estimate of drug-likeness (QED) is 0.788. The second-order valence-corrected chi connectivity index (χ2v) is 6.10. The second kappa shape index (κ2) is 6.80. The number of hydrogen-bond donors (Lipinski definition) is 1. The number of nitrogens with zero attached hydrogens (tertiary/aromatic N) is 5. The summed E-state index contributed by atoms with van der Waals surface area (Å²) in [5.41, 5.74) is 2.54. The van der Waals surface area contributed by atoms with E-state index in [1.807, 2.05) is 18.2 Å². The van der Waals surface area contributed by atoms with Crippen molar-refractivity contribution < 1.29 is 0 Å². The van der Waals surface area contributed by atoms with Gasteiger partial charge >= 0.3 is 0 Å². The third-order valence-corrected chi connectivity index (χ3v) is 4.42. The predicted octanol–water partition coefficient (Wildman–Crippen LogP) is 2.01. The van der Waals surface area contributed by atoms with E-state index in [9.17, 15) is 4.79 Å². The Balaban J connectivity index is 1.58. The maximum absolute atomic E-state index is 11.5. The number of hydrogen-bond acceptors (Lipinski definition) is 6. The average molecular weight is 334 g/mol. The highest BCUT2D eigenvalue weighted by molar-refractivity contribution is 5.58. The zero-order valence-electron chi connectivity index (χ0n) is 13.7. The van der Waals surface area contributed by atoms with Crippen LogP contribution < -0.4 is 10.5 Å². The van der Waals surface area contributed by atoms with Gasteiger partial charge in [-0.3, -0.25) is 9.78 Å². The SMILES string of the molecule is O=c1cc([C@H]2CCCN(c3nccc(-c4cccnc4)n3)C2)nc[nH]1. The molecule has 0 amide bonds. The van der Waals surface area contributed by atoms with Crippen LogP contribution in [0.1, 0.15) is 24.5 Å². The van der Waals surface area contributed by atoms with Crippen molar-refractivity contribution in [1.82, 2.24) is 24.9 Å². The van der Waals surface area contributed by atoms with Crippen molar-refractivity contribution in [3.8, 4) is 11.3 Å². The highest BCUT2D eigenvalue weighted by Crippen LogP contribution is 2.27. The van der Waals surface area contributed by atoms with Gasteiger partial charge in [0.1, 0.15) is 0 Å². The van der Waals surface area contributed by atoms with E-state index >= 15 is 0 Å². The first-order chi connectivity index (χ1) is 12.3. The fourth-order valence-electron chi connectivity index (χ4n) is 3.18. The van der Waals surface area contributed by atoms with Crippen molar-refractivity contribution in [3.63, 3.8) is 0 Å². The number of aromatic nitrogens is 5. The smallest absolute Gasteiger partial charge is 0.250 e. The average Bonchev–Trinajstić information content (AvgIpc) is 2.69. The Morgan fingerprint density at radius 2 is 2.16 bits per heavy atom. The molecule has 0 saturated carbocycles. The number of H-pyrrole nitrogens is 1. The highest BCUT2D eigenvalue weighted by atomic mass is 16.1. The van der Waals surface area contributed by atoms with Gasteiger partial charge in [0, 0.05) is 49.2 Å². The van der Waals surface area contributed by atoms with Crippen LogP contribution >= 0.6 is 0 Å². The lowest BCUT2D eigenvalue weighted by Gasteiger charge is -2.32. The van der Waals surface area contributed by atoms with Gasteiger partial charge in [0.25, 0.3) is 5.56 Å². The summed E-state index contributed by atoms with van der Waals surface area (Å²) >= 11 is 0. The van der Waals surface area contributed by atoms with E-state index in [0.29, 0.717) is 5.95 Å². The Morgan fingerprint density at radius 3 is 3.00 bits per heavy atom. The van der Waals surface area contributed by atoms with E-state index in [1.165, 1.54) is 6.33 Å². The monoisotopic (exact) mass is 334 g/mol. The first-order valence-electron chi connectivity index (χ1n) is 8.32. The van der Waals surface area contributed by atoms with Crippen LogP contribution in [0.4, 0.5) is 5.95 Å². The Morgan fingerprint density at radius 1 is 1.20 bits per heavy atom. The van der Waals surface area contributed by atoms with E-state index in [2.05, 4.69) is 24.8 Å². The minimum atomic E-state index is -0.114. The molecular formula is C18H18N6O. The second-order valence-electron chi connectivity index (χ2n) is 6.10. The zero-order chi connectivity index (χ0) is 17.1. The summed E-state index contributed by atoms with van der Waals surface area (Å²) in [6.07, 6.45) is 8.81. The molecule has 0 radical (unpaired) electrons. The predicted molar refractivity (Wildman–Crippen MR) is 94.3 cm³/mol. The Bertz CT molecular complexity index is 910. The lowest BCUT2D eigenvalue weighted by Crippen LogP contribution is -2.36. The molecule has 0 unspecified atom stereocenters. The van der Waals surface area contributed by atoms with Gasteiger partial charge in [-0.25, -0.2) is 15.0 Å². The first-order valence-corrected chi connectivity index (χ1v) is 8.32. The molecule has 1 N–H and O–H groups in total. The van der Waals surface area contributed by atoms with Crippen LogP contribution in [-0.4, -0.2) is 38.0 Å². The first kappa shape index (κ1) is 15.4. The maximum atomic E-state index is 11.5. The van der Waals surface area contributed by atoms with Crippen LogP contribution in [-0.2, 0) is 0 Å². The van der Waals surface area contributed by atoms with Crippen LogP contribution in [0.25, 0.3) is 11.3 Å². The molecule has 1 atom stereocenters. The summed E-state index contributed by atoms with van der Waals surface area (Å²) in [5, 5.41) is 0. The van der Waals surface area contributed by atoms with Gasteiger partial charge in [-0.05, 0) is 31.0 Å². The molecule has 126 valence electrons.